The summed E-state index contributed by atoms with van der Waals surface area (Å²) in [7, 11) is 1.64. The topological polar surface area (TPSA) is 55.7 Å². The molecule has 3 rings (SSSR count). The molecule has 0 spiro atoms. The molecule has 3 aromatic rings. The molecule has 6 heteroatoms. The number of ether oxygens (including phenoxy) is 2. The van der Waals surface area contributed by atoms with Crippen molar-refractivity contribution in [2.24, 2.45) is 5.10 Å². The van der Waals surface area contributed by atoms with E-state index in [0.717, 1.165) is 34.1 Å². The Hall–Kier alpha value is -2.86. The summed E-state index contributed by atoms with van der Waals surface area (Å²) in [6.45, 7) is 6.94. The molecule has 2 aromatic carbocycles. The molecule has 0 bridgehead atoms. The maximum atomic E-state index is 5.67. The zero-order valence-electron chi connectivity index (χ0n) is 16.7. The van der Waals surface area contributed by atoms with Gasteiger partial charge in [-0.05, 0) is 49.6 Å². The Bertz CT molecular complexity index is 966. The zero-order valence-corrected chi connectivity index (χ0v) is 17.5. The Kier molecular flexibility index (Phi) is 6.66. The first-order chi connectivity index (χ1) is 13.6. The number of hydrogen-bond donors (Lipinski definition) is 1. The van der Waals surface area contributed by atoms with Crippen LogP contribution in [0.1, 0.15) is 30.0 Å². The van der Waals surface area contributed by atoms with Gasteiger partial charge in [-0.25, -0.2) is 4.98 Å². The Morgan fingerprint density at radius 1 is 1.14 bits per heavy atom. The third-order valence-electron chi connectivity index (χ3n) is 4.19. The normalized spacial score (nSPS) is 11.0. The fourth-order valence-corrected chi connectivity index (χ4v) is 3.47. The molecule has 0 saturated heterocycles. The van der Waals surface area contributed by atoms with Crippen molar-refractivity contribution in [2.75, 3.05) is 19.1 Å². The van der Waals surface area contributed by atoms with E-state index in [1.807, 2.05) is 23.6 Å². The number of hydrogen-bond acceptors (Lipinski definition) is 6. The molecule has 1 heterocycles. The van der Waals surface area contributed by atoms with E-state index in [1.165, 1.54) is 22.5 Å². The van der Waals surface area contributed by atoms with Gasteiger partial charge < -0.3 is 9.47 Å². The Morgan fingerprint density at radius 3 is 2.75 bits per heavy atom. The summed E-state index contributed by atoms with van der Waals surface area (Å²) in [5.74, 6) is 1.44. The van der Waals surface area contributed by atoms with Crippen molar-refractivity contribution in [2.45, 2.75) is 27.2 Å². The highest BCUT2D eigenvalue weighted by Crippen LogP contribution is 2.29. The van der Waals surface area contributed by atoms with Gasteiger partial charge in [0.25, 0.3) is 0 Å². The van der Waals surface area contributed by atoms with Crippen LogP contribution in [-0.4, -0.2) is 24.9 Å². The fraction of sp³-hybridized carbons (Fsp3) is 0.273. The number of methoxy groups -OCH3 is 1. The van der Waals surface area contributed by atoms with Gasteiger partial charge in [0.1, 0.15) is 0 Å². The quantitative estimate of drug-likeness (QED) is 0.394. The maximum absolute atomic E-state index is 5.67. The molecule has 0 unspecified atom stereocenters. The Labute approximate surface area is 170 Å². The zero-order chi connectivity index (χ0) is 19.9. The Morgan fingerprint density at radius 2 is 2.00 bits per heavy atom. The number of rotatable bonds is 8. The number of nitrogens with one attached hydrogen (secondary N) is 1. The summed E-state index contributed by atoms with van der Waals surface area (Å²) in [6.07, 6.45) is 2.69. The SMILES string of the molecule is CCCOc1ccc(/C=N\Nc2nc(-c3ccc(C)cc3C)cs2)cc1OC. The van der Waals surface area contributed by atoms with Crippen molar-refractivity contribution < 1.29 is 9.47 Å². The second-order valence-corrected chi connectivity index (χ2v) is 7.34. The fourth-order valence-electron chi connectivity index (χ4n) is 2.81. The summed E-state index contributed by atoms with van der Waals surface area (Å²) < 4.78 is 11.1. The van der Waals surface area contributed by atoms with Crippen LogP contribution in [0.5, 0.6) is 11.5 Å². The van der Waals surface area contributed by atoms with Gasteiger partial charge >= 0.3 is 0 Å². The van der Waals surface area contributed by atoms with E-state index >= 15 is 0 Å². The molecule has 0 fully saturated rings. The molecule has 28 heavy (non-hydrogen) atoms. The number of nitrogens with zero attached hydrogens (tertiary/aromatic N) is 2. The first-order valence-electron chi connectivity index (χ1n) is 9.23. The van der Waals surface area contributed by atoms with Crippen LogP contribution in [0.25, 0.3) is 11.3 Å². The van der Waals surface area contributed by atoms with Crippen LogP contribution in [0, 0.1) is 13.8 Å². The molecule has 0 amide bonds. The molecular weight excluding hydrogens is 370 g/mol. The first-order valence-corrected chi connectivity index (χ1v) is 10.1. The highest BCUT2D eigenvalue weighted by Gasteiger charge is 2.07. The monoisotopic (exact) mass is 395 g/mol. The van der Waals surface area contributed by atoms with Crippen molar-refractivity contribution in [3.05, 3.63) is 58.5 Å². The highest BCUT2D eigenvalue weighted by molar-refractivity contribution is 7.14. The molecule has 1 N–H and O–H groups in total. The lowest BCUT2D eigenvalue weighted by Crippen LogP contribution is -1.98. The van der Waals surface area contributed by atoms with Crippen LogP contribution in [0.3, 0.4) is 0 Å². The van der Waals surface area contributed by atoms with Crippen molar-refractivity contribution in [3.8, 4) is 22.8 Å². The van der Waals surface area contributed by atoms with E-state index < -0.39 is 0 Å². The number of hydrazone groups is 1. The first kappa shape index (κ1) is 19.9. The lowest BCUT2D eigenvalue weighted by molar-refractivity contribution is 0.294. The van der Waals surface area contributed by atoms with Gasteiger partial charge in [-0.2, -0.15) is 5.10 Å². The van der Waals surface area contributed by atoms with Crippen molar-refractivity contribution >= 4 is 22.7 Å². The molecule has 0 radical (unpaired) electrons. The van der Waals surface area contributed by atoms with Crippen LogP contribution in [0.2, 0.25) is 0 Å². The van der Waals surface area contributed by atoms with Crippen LogP contribution < -0.4 is 14.9 Å². The lowest BCUT2D eigenvalue weighted by Gasteiger charge is -2.10. The summed E-state index contributed by atoms with van der Waals surface area (Å²) in [5, 5.41) is 7.09. The molecule has 146 valence electrons. The third kappa shape index (κ3) is 4.89. The van der Waals surface area contributed by atoms with E-state index in [9.17, 15) is 0 Å². The van der Waals surface area contributed by atoms with Gasteiger partial charge in [0, 0.05) is 10.9 Å². The van der Waals surface area contributed by atoms with E-state index in [1.54, 1.807) is 13.3 Å². The van der Waals surface area contributed by atoms with E-state index in [2.05, 4.69) is 54.5 Å². The minimum atomic E-state index is 0.665. The Balaban J connectivity index is 1.67. The number of aryl methyl sites for hydroxylation is 2. The van der Waals surface area contributed by atoms with Gasteiger partial charge in [0.15, 0.2) is 11.5 Å². The standard InChI is InChI=1S/C22H25N3O2S/c1-5-10-27-20-9-7-17(12-21(20)26-4)13-23-25-22-24-19(14-28-22)18-8-6-15(2)11-16(18)3/h6-9,11-14H,5,10H2,1-4H3,(H,24,25)/b23-13-. The predicted molar refractivity (Wildman–Crippen MR) is 117 cm³/mol. The van der Waals surface area contributed by atoms with Crippen LogP contribution in [-0.2, 0) is 0 Å². The highest BCUT2D eigenvalue weighted by atomic mass is 32.1. The smallest absolute Gasteiger partial charge is 0.203 e. The lowest BCUT2D eigenvalue weighted by atomic mass is 10.0. The summed E-state index contributed by atoms with van der Waals surface area (Å²) in [6, 6.07) is 12.1. The van der Waals surface area contributed by atoms with Crippen LogP contribution >= 0.6 is 11.3 Å². The molecule has 0 aliphatic heterocycles. The largest absolute Gasteiger partial charge is 0.493 e. The van der Waals surface area contributed by atoms with E-state index in [4.69, 9.17) is 9.47 Å². The van der Waals surface area contributed by atoms with Crippen molar-refractivity contribution in [1.82, 2.24) is 4.98 Å². The molecule has 0 aliphatic rings. The van der Waals surface area contributed by atoms with Crippen molar-refractivity contribution in [1.29, 1.82) is 0 Å². The number of thiazole rings is 1. The molecule has 5 nitrogen and oxygen atoms in total. The minimum absolute atomic E-state index is 0.665. The second-order valence-electron chi connectivity index (χ2n) is 6.49. The summed E-state index contributed by atoms with van der Waals surface area (Å²) >= 11 is 1.53. The molecule has 0 saturated carbocycles. The molecule has 0 aliphatic carbocycles. The number of benzene rings is 2. The van der Waals surface area contributed by atoms with Crippen molar-refractivity contribution in [3.63, 3.8) is 0 Å². The number of anilines is 1. The predicted octanol–water partition coefficient (Wildman–Crippen LogP) is 5.67. The average Bonchev–Trinajstić information content (AvgIpc) is 3.15. The van der Waals surface area contributed by atoms with Gasteiger partial charge in [0.2, 0.25) is 5.13 Å². The molecular formula is C22H25N3O2S. The second kappa shape index (κ2) is 9.37. The van der Waals surface area contributed by atoms with Crippen LogP contribution in [0.15, 0.2) is 46.9 Å². The summed E-state index contributed by atoms with van der Waals surface area (Å²) in [4.78, 5) is 4.63. The third-order valence-corrected chi connectivity index (χ3v) is 4.93. The molecule has 1 aromatic heterocycles. The average molecular weight is 396 g/mol. The van der Waals surface area contributed by atoms with Crippen LogP contribution in [0.4, 0.5) is 5.13 Å². The van der Waals surface area contributed by atoms with Gasteiger partial charge in [0.05, 0.1) is 25.6 Å². The van der Waals surface area contributed by atoms with Gasteiger partial charge in [-0.3, -0.25) is 5.43 Å². The maximum Gasteiger partial charge on any atom is 0.203 e. The molecule has 0 atom stereocenters. The minimum Gasteiger partial charge on any atom is -0.493 e. The van der Waals surface area contributed by atoms with Gasteiger partial charge in [-0.15, -0.1) is 11.3 Å². The summed E-state index contributed by atoms with van der Waals surface area (Å²) in [5.41, 5.74) is 8.49. The number of aromatic nitrogens is 1. The van der Waals surface area contributed by atoms with Gasteiger partial charge in [-0.1, -0.05) is 30.7 Å². The van der Waals surface area contributed by atoms with E-state index in [-0.39, 0.29) is 0 Å². The van der Waals surface area contributed by atoms with E-state index in [0.29, 0.717) is 12.4 Å².